The van der Waals surface area contributed by atoms with Crippen LogP contribution in [-0.2, 0) is 10.0 Å². The minimum Gasteiger partial charge on any atom is -0.455 e. The molecule has 5 heteroatoms. The largest absolute Gasteiger partial charge is 0.455 e. The molecule has 0 aromatic heterocycles. The maximum absolute atomic E-state index is 10.9. The molecule has 0 aliphatic carbocycles. The van der Waals surface area contributed by atoms with E-state index in [2.05, 4.69) is 4.40 Å². The van der Waals surface area contributed by atoms with E-state index in [-0.39, 0.29) is 5.76 Å². The molecule has 0 fully saturated rings. The number of hydrogen-bond acceptors (Lipinski definition) is 3. The van der Waals surface area contributed by atoms with E-state index in [9.17, 15) is 8.42 Å². The first-order valence-electron chi connectivity index (χ1n) is 4.32. The van der Waals surface area contributed by atoms with Gasteiger partial charge in [-0.15, -0.1) is 0 Å². The van der Waals surface area contributed by atoms with Gasteiger partial charge in [-0.2, -0.15) is 12.8 Å². The van der Waals surface area contributed by atoms with Crippen molar-refractivity contribution < 1.29 is 13.2 Å². The lowest BCUT2D eigenvalue weighted by Gasteiger charge is -2.02. The Kier molecular flexibility index (Phi) is 2.32. The van der Waals surface area contributed by atoms with Crippen molar-refractivity contribution >= 4 is 16.2 Å². The summed E-state index contributed by atoms with van der Waals surface area (Å²) in [5, 5.41) is 0.993. The van der Waals surface area contributed by atoms with Crippen LogP contribution in [-0.4, -0.2) is 14.6 Å². The second kappa shape index (κ2) is 3.51. The average Bonchev–Trinajstić information content (AvgIpc) is 2.50. The molecule has 1 aromatic rings. The summed E-state index contributed by atoms with van der Waals surface area (Å²) < 4.78 is 30.5. The van der Waals surface area contributed by atoms with E-state index in [0.717, 1.165) is 11.0 Å². The van der Waals surface area contributed by atoms with Gasteiger partial charge in [0.05, 0.1) is 11.6 Å². The molecule has 1 aliphatic heterocycles. The zero-order valence-corrected chi connectivity index (χ0v) is 8.86. The van der Waals surface area contributed by atoms with E-state index >= 15 is 0 Å². The summed E-state index contributed by atoms with van der Waals surface area (Å²) in [6.07, 6.45) is 1.19. The van der Waals surface area contributed by atoms with Gasteiger partial charge in [-0.25, -0.2) is 0 Å². The van der Waals surface area contributed by atoms with Crippen molar-refractivity contribution in [3.8, 4) is 5.75 Å². The summed E-state index contributed by atoms with van der Waals surface area (Å²) in [5.41, 5.74) is 1.11. The van der Waals surface area contributed by atoms with Crippen LogP contribution in [0.4, 0.5) is 0 Å². The minimum absolute atomic E-state index is 0.235. The van der Waals surface area contributed by atoms with Gasteiger partial charge in [-0.3, -0.25) is 0 Å². The highest BCUT2D eigenvalue weighted by Gasteiger charge is 2.14. The zero-order chi connectivity index (χ0) is 10.9. The number of allylic oxidation sites excluding steroid dienone is 1. The molecule has 1 aromatic carbocycles. The highest BCUT2D eigenvalue weighted by molar-refractivity contribution is 7.93. The fourth-order valence-electron chi connectivity index (χ4n) is 1.13. The predicted octanol–water partition coefficient (Wildman–Crippen LogP) is 1.63. The SMILES string of the molecule is Cc1ccc(OC2=CS(=O)(=O)N=C2)cc1. The van der Waals surface area contributed by atoms with Crippen LogP contribution in [0, 0.1) is 6.92 Å². The van der Waals surface area contributed by atoms with Crippen molar-refractivity contribution in [2.75, 3.05) is 0 Å². The molecule has 0 atom stereocenters. The first-order valence-corrected chi connectivity index (χ1v) is 5.82. The van der Waals surface area contributed by atoms with Crippen LogP contribution >= 0.6 is 0 Å². The molecule has 0 spiro atoms. The molecule has 0 saturated heterocycles. The second-order valence-electron chi connectivity index (χ2n) is 3.18. The second-order valence-corrected chi connectivity index (χ2v) is 4.66. The van der Waals surface area contributed by atoms with E-state index in [0.29, 0.717) is 5.75 Å². The van der Waals surface area contributed by atoms with E-state index in [1.807, 2.05) is 19.1 Å². The van der Waals surface area contributed by atoms with Gasteiger partial charge < -0.3 is 4.74 Å². The summed E-state index contributed by atoms with van der Waals surface area (Å²) >= 11 is 0. The van der Waals surface area contributed by atoms with Crippen LogP contribution in [0.15, 0.2) is 39.8 Å². The van der Waals surface area contributed by atoms with Gasteiger partial charge in [0.1, 0.15) is 5.75 Å². The number of sulfonamides is 1. The summed E-state index contributed by atoms with van der Waals surface area (Å²) in [6.45, 7) is 1.96. The molecule has 0 bridgehead atoms. The summed E-state index contributed by atoms with van der Waals surface area (Å²) in [4.78, 5) is 0. The minimum atomic E-state index is -3.44. The quantitative estimate of drug-likeness (QED) is 0.765. The third-order valence-corrected chi connectivity index (χ3v) is 2.78. The van der Waals surface area contributed by atoms with Crippen LogP contribution in [0.1, 0.15) is 5.56 Å². The van der Waals surface area contributed by atoms with Gasteiger partial charge in [0, 0.05) is 0 Å². The van der Waals surface area contributed by atoms with Crippen molar-refractivity contribution in [2.45, 2.75) is 6.92 Å². The molecule has 0 saturated carbocycles. The lowest BCUT2D eigenvalue weighted by Crippen LogP contribution is -1.93. The Morgan fingerprint density at radius 2 is 1.87 bits per heavy atom. The lowest BCUT2D eigenvalue weighted by molar-refractivity contribution is 0.459. The highest BCUT2D eigenvalue weighted by atomic mass is 32.2. The van der Waals surface area contributed by atoms with Crippen molar-refractivity contribution in [2.24, 2.45) is 4.40 Å². The van der Waals surface area contributed by atoms with Crippen LogP contribution in [0.2, 0.25) is 0 Å². The van der Waals surface area contributed by atoms with Gasteiger partial charge in [0.25, 0.3) is 10.0 Å². The van der Waals surface area contributed by atoms with Gasteiger partial charge >= 0.3 is 0 Å². The van der Waals surface area contributed by atoms with E-state index in [1.165, 1.54) is 6.21 Å². The maximum atomic E-state index is 10.9. The Morgan fingerprint density at radius 1 is 1.20 bits per heavy atom. The molecule has 2 rings (SSSR count). The van der Waals surface area contributed by atoms with Crippen LogP contribution in [0.5, 0.6) is 5.75 Å². The smallest absolute Gasteiger partial charge is 0.279 e. The van der Waals surface area contributed by atoms with Gasteiger partial charge in [0.15, 0.2) is 5.76 Å². The number of nitrogens with zero attached hydrogens (tertiary/aromatic N) is 1. The van der Waals surface area contributed by atoms with Crippen molar-refractivity contribution in [3.63, 3.8) is 0 Å². The number of aryl methyl sites for hydroxylation is 1. The summed E-state index contributed by atoms with van der Waals surface area (Å²) in [5.74, 6) is 0.828. The summed E-state index contributed by atoms with van der Waals surface area (Å²) in [6, 6.07) is 7.32. The van der Waals surface area contributed by atoms with Crippen LogP contribution in [0.3, 0.4) is 0 Å². The fraction of sp³-hybridized carbons (Fsp3) is 0.100. The lowest BCUT2D eigenvalue weighted by atomic mass is 10.2. The molecule has 0 unspecified atom stereocenters. The Balaban J connectivity index is 2.18. The fourth-order valence-corrected chi connectivity index (χ4v) is 1.84. The molecule has 78 valence electrons. The monoisotopic (exact) mass is 223 g/mol. The van der Waals surface area contributed by atoms with Crippen LogP contribution < -0.4 is 4.74 Å². The molecule has 15 heavy (non-hydrogen) atoms. The van der Waals surface area contributed by atoms with Gasteiger partial charge in [-0.05, 0) is 19.1 Å². The Morgan fingerprint density at radius 3 is 2.40 bits per heavy atom. The normalized spacial score (nSPS) is 17.5. The highest BCUT2D eigenvalue weighted by Crippen LogP contribution is 2.17. The zero-order valence-electron chi connectivity index (χ0n) is 8.04. The summed E-state index contributed by atoms with van der Waals surface area (Å²) in [7, 11) is -3.44. The first-order chi connectivity index (χ1) is 7.05. The van der Waals surface area contributed by atoms with Crippen molar-refractivity contribution in [1.29, 1.82) is 0 Å². The van der Waals surface area contributed by atoms with Crippen molar-refractivity contribution in [1.82, 2.24) is 0 Å². The molecule has 1 aliphatic rings. The molecule has 0 amide bonds. The first kappa shape index (κ1) is 9.92. The van der Waals surface area contributed by atoms with Gasteiger partial charge in [-0.1, -0.05) is 17.7 Å². The third-order valence-electron chi connectivity index (χ3n) is 1.85. The molecule has 4 nitrogen and oxygen atoms in total. The number of ether oxygens (including phenoxy) is 1. The van der Waals surface area contributed by atoms with Gasteiger partial charge in [0.2, 0.25) is 0 Å². The van der Waals surface area contributed by atoms with Crippen LogP contribution in [0.25, 0.3) is 0 Å². The van der Waals surface area contributed by atoms with E-state index < -0.39 is 10.0 Å². The Labute approximate surface area is 88.0 Å². The number of hydrogen-bond donors (Lipinski definition) is 0. The standard InChI is InChI=1S/C10H9NO3S/c1-8-2-4-9(5-3-8)14-10-6-11-15(12,13)7-10/h2-7H,1H3. The predicted molar refractivity (Wildman–Crippen MR) is 57.3 cm³/mol. The van der Waals surface area contributed by atoms with E-state index in [4.69, 9.17) is 4.74 Å². The number of rotatable bonds is 2. The Bertz CT molecular complexity index is 526. The molecule has 0 radical (unpaired) electrons. The number of benzene rings is 1. The Hall–Kier alpha value is -1.62. The molecular weight excluding hydrogens is 214 g/mol. The van der Waals surface area contributed by atoms with E-state index in [1.54, 1.807) is 12.1 Å². The topological polar surface area (TPSA) is 55.7 Å². The maximum Gasteiger partial charge on any atom is 0.279 e. The third kappa shape index (κ3) is 2.44. The molecular formula is C10H9NO3S. The molecule has 1 heterocycles. The molecule has 0 N–H and O–H groups in total. The average molecular weight is 223 g/mol. The van der Waals surface area contributed by atoms with Crippen molar-refractivity contribution in [3.05, 3.63) is 41.0 Å².